The summed E-state index contributed by atoms with van der Waals surface area (Å²) in [6.07, 6.45) is 0. The van der Waals surface area contributed by atoms with Gasteiger partial charge < -0.3 is 5.32 Å². The minimum atomic E-state index is 0.920. The lowest BCUT2D eigenvalue weighted by atomic mass is 10.2. The van der Waals surface area contributed by atoms with Crippen LogP contribution in [0.4, 0.5) is 0 Å². The molecule has 0 saturated carbocycles. The molecule has 1 aliphatic rings. The highest BCUT2D eigenvalue weighted by molar-refractivity contribution is 5.11. The number of rotatable bonds is 0. The third kappa shape index (κ3) is 1.01. The molecule has 0 amide bonds. The maximum Gasteiger partial charge on any atom is 0.0652 e. The van der Waals surface area contributed by atoms with E-state index in [2.05, 4.69) is 24.5 Å². The summed E-state index contributed by atoms with van der Waals surface area (Å²) in [5.41, 5.74) is 2.74. The van der Waals surface area contributed by atoms with E-state index in [1.54, 1.807) is 0 Å². The lowest BCUT2D eigenvalue weighted by Gasteiger charge is -2.17. The number of hydrogen-bond donors (Lipinski definition) is 2. The Morgan fingerprint density at radius 1 is 1.38 bits per heavy atom. The van der Waals surface area contributed by atoms with Crippen molar-refractivity contribution in [1.29, 1.82) is 0 Å². The maximum absolute atomic E-state index is 3.20. The van der Waals surface area contributed by atoms with Gasteiger partial charge in [0.2, 0.25) is 0 Å². The van der Waals surface area contributed by atoms with E-state index in [1.165, 1.54) is 11.3 Å². The standard InChI is InChI=1S/C6H12N2/c1-5-3-7-4-8-6(5)2/h7-8H,3-4H2,1-2H3. The molecule has 1 rings (SSSR count). The molecule has 2 heteroatoms. The van der Waals surface area contributed by atoms with Crippen LogP contribution in [-0.4, -0.2) is 13.2 Å². The Hall–Kier alpha value is -0.500. The average Bonchev–Trinajstić information content (AvgIpc) is 1.77. The Labute approximate surface area is 50.0 Å². The summed E-state index contributed by atoms with van der Waals surface area (Å²) in [7, 11) is 0. The molecular weight excluding hydrogens is 100 g/mol. The highest BCUT2D eigenvalue weighted by Crippen LogP contribution is 1.99. The van der Waals surface area contributed by atoms with Crippen molar-refractivity contribution in [2.75, 3.05) is 13.2 Å². The SMILES string of the molecule is CC1=C(C)NCNC1. The molecule has 0 aromatic heterocycles. The second kappa shape index (κ2) is 2.18. The predicted molar refractivity (Wildman–Crippen MR) is 34.4 cm³/mol. The monoisotopic (exact) mass is 112 g/mol. The molecule has 46 valence electrons. The van der Waals surface area contributed by atoms with Crippen molar-refractivity contribution in [2.24, 2.45) is 0 Å². The summed E-state index contributed by atoms with van der Waals surface area (Å²) < 4.78 is 0. The fraction of sp³-hybridized carbons (Fsp3) is 0.667. The molecule has 0 radical (unpaired) electrons. The number of hydrogen-bond acceptors (Lipinski definition) is 2. The molecule has 0 aromatic carbocycles. The van der Waals surface area contributed by atoms with Crippen LogP contribution >= 0.6 is 0 Å². The molecule has 0 saturated heterocycles. The van der Waals surface area contributed by atoms with Gasteiger partial charge in [-0.3, -0.25) is 5.32 Å². The second-order valence-electron chi connectivity index (χ2n) is 2.19. The lowest BCUT2D eigenvalue weighted by molar-refractivity contribution is 0.616. The fourth-order valence-corrected chi connectivity index (χ4v) is 0.729. The number of allylic oxidation sites excluding steroid dienone is 1. The van der Waals surface area contributed by atoms with Gasteiger partial charge in [-0.15, -0.1) is 0 Å². The van der Waals surface area contributed by atoms with E-state index in [0.717, 1.165) is 13.2 Å². The van der Waals surface area contributed by atoms with Crippen LogP contribution in [0.5, 0.6) is 0 Å². The Balaban J connectivity index is 2.60. The van der Waals surface area contributed by atoms with Crippen LogP contribution in [0, 0.1) is 0 Å². The summed E-state index contributed by atoms with van der Waals surface area (Å²) in [6, 6.07) is 0. The van der Waals surface area contributed by atoms with Gasteiger partial charge in [-0.05, 0) is 19.4 Å². The molecule has 0 unspecified atom stereocenters. The third-order valence-corrected chi connectivity index (χ3v) is 1.51. The number of nitrogens with one attached hydrogen (secondary N) is 2. The molecule has 8 heavy (non-hydrogen) atoms. The van der Waals surface area contributed by atoms with Crippen molar-refractivity contribution in [1.82, 2.24) is 10.6 Å². The van der Waals surface area contributed by atoms with Crippen molar-refractivity contribution in [3.63, 3.8) is 0 Å². The van der Waals surface area contributed by atoms with Gasteiger partial charge in [-0.2, -0.15) is 0 Å². The Bertz CT molecular complexity index is 102. The summed E-state index contributed by atoms with van der Waals surface area (Å²) in [4.78, 5) is 0. The van der Waals surface area contributed by atoms with Crippen molar-refractivity contribution >= 4 is 0 Å². The van der Waals surface area contributed by atoms with E-state index >= 15 is 0 Å². The molecule has 0 atom stereocenters. The Morgan fingerprint density at radius 3 is 2.50 bits per heavy atom. The van der Waals surface area contributed by atoms with Gasteiger partial charge in [0.05, 0.1) is 6.67 Å². The summed E-state index contributed by atoms with van der Waals surface area (Å²) >= 11 is 0. The average molecular weight is 112 g/mol. The van der Waals surface area contributed by atoms with Gasteiger partial charge in [0, 0.05) is 12.2 Å². The molecule has 2 nitrogen and oxygen atoms in total. The molecule has 0 fully saturated rings. The zero-order chi connectivity index (χ0) is 5.98. The molecular formula is C6H12N2. The first-order valence-electron chi connectivity index (χ1n) is 2.91. The van der Waals surface area contributed by atoms with Gasteiger partial charge in [-0.25, -0.2) is 0 Å². The van der Waals surface area contributed by atoms with Gasteiger partial charge in [0.25, 0.3) is 0 Å². The Kier molecular flexibility index (Phi) is 1.53. The van der Waals surface area contributed by atoms with E-state index in [1.807, 2.05) is 0 Å². The van der Waals surface area contributed by atoms with Crippen LogP contribution in [0.3, 0.4) is 0 Å². The first-order chi connectivity index (χ1) is 3.80. The van der Waals surface area contributed by atoms with E-state index < -0.39 is 0 Å². The first-order valence-corrected chi connectivity index (χ1v) is 2.91. The van der Waals surface area contributed by atoms with Crippen molar-refractivity contribution in [3.8, 4) is 0 Å². The third-order valence-electron chi connectivity index (χ3n) is 1.51. The smallest absolute Gasteiger partial charge is 0.0652 e. The molecule has 1 aliphatic heterocycles. The van der Waals surface area contributed by atoms with Crippen LogP contribution in [0.2, 0.25) is 0 Å². The van der Waals surface area contributed by atoms with Gasteiger partial charge >= 0.3 is 0 Å². The second-order valence-corrected chi connectivity index (χ2v) is 2.19. The molecule has 1 heterocycles. The lowest BCUT2D eigenvalue weighted by Crippen LogP contribution is -2.35. The zero-order valence-corrected chi connectivity index (χ0v) is 5.41. The summed E-state index contributed by atoms with van der Waals surface area (Å²) in [6.45, 7) is 6.20. The highest BCUT2D eigenvalue weighted by Gasteiger charge is 1.99. The van der Waals surface area contributed by atoms with Crippen LogP contribution in [-0.2, 0) is 0 Å². The molecule has 0 spiro atoms. The zero-order valence-electron chi connectivity index (χ0n) is 5.41. The van der Waals surface area contributed by atoms with Crippen LogP contribution < -0.4 is 10.6 Å². The molecule has 0 bridgehead atoms. The molecule has 2 N–H and O–H groups in total. The molecule has 0 aliphatic carbocycles. The summed E-state index contributed by atoms with van der Waals surface area (Å²) in [5.74, 6) is 0. The van der Waals surface area contributed by atoms with Crippen molar-refractivity contribution < 1.29 is 0 Å². The van der Waals surface area contributed by atoms with Crippen LogP contribution in [0.25, 0.3) is 0 Å². The summed E-state index contributed by atoms with van der Waals surface area (Å²) in [5, 5.41) is 6.40. The van der Waals surface area contributed by atoms with Crippen molar-refractivity contribution in [2.45, 2.75) is 13.8 Å². The predicted octanol–water partition coefficient (Wildman–Crippen LogP) is 0.431. The largest absolute Gasteiger partial charge is 0.376 e. The minimum absolute atomic E-state index is 0.920. The van der Waals surface area contributed by atoms with E-state index in [9.17, 15) is 0 Å². The van der Waals surface area contributed by atoms with Crippen molar-refractivity contribution in [3.05, 3.63) is 11.3 Å². The normalized spacial score (nSPS) is 20.8. The molecule has 0 aromatic rings. The van der Waals surface area contributed by atoms with Crippen LogP contribution in [0.15, 0.2) is 11.3 Å². The maximum atomic E-state index is 3.20. The Morgan fingerprint density at radius 2 is 2.12 bits per heavy atom. The quantitative estimate of drug-likeness (QED) is 0.475. The highest BCUT2D eigenvalue weighted by atomic mass is 15.1. The van der Waals surface area contributed by atoms with E-state index in [4.69, 9.17) is 0 Å². The van der Waals surface area contributed by atoms with Gasteiger partial charge in [0.1, 0.15) is 0 Å². The first kappa shape index (κ1) is 5.63. The van der Waals surface area contributed by atoms with Crippen LogP contribution in [0.1, 0.15) is 13.8 Å². The minimum Gasteiger partial charge on any atom is -0.376 e. The topological polar surface area (TPSA) is 24.1 Å². The van der Waals surface area contributed by atoms with E-state index in [0.29, 0.717) is 0 Å². The van der Waals surface area contributed by atoms with Gasteiger partial charge in [0.15, 0.2) is 0 Å². The fourth-order valence-electron chi connectivity index (χ4n) is 0.729. The van der Waals surface area contributed by atoms with E-state index in [-0.39, 0.29) is 0 Å². The van der Waals surface area contributed by atoms with Gasteiger partial charge in [-0.1, -0.05) is 0 Å².